The first-order valence-electron chi connectivity index (χ1n) is 4.65. The highest BCUT2D eigenvalue weighted by molar-refractivity contribution is 5.72. The van der Waals surface area contributed by atoms with Crippen molar-refractivity contribution in [3.8, 4) is 0 Å². The molecule has 8 heteroatoms. The number of alkyl halides is 3. The van der Waals surface area contributed by atoms with Gasteiger partial charge >= 0.3 is 12.1 Å². The molecule has 0 saturated carbocycles. The smallest absolute Gasteiger partial charge is 0.451 e. The first-order valence-corrected chi connectivity index (χ1v) is 4.65. The first-order chi connectivity index (χ1) is 7.41. The van der Waals surface area contributed by atoms with E-state index >= 15 is 0 Å². The predicted octanol–water partition coefficient (Wildman–Crippen LogP) is 1.26. The van der Waals surface area contributed by atoms with Crippen LogP contribution in [0, 0.1) is 0 Å². The van der Waals surface area contributed by atoms with Gasteiger partial charge in [-0.1, -0.05) is 0 Å². The summed E-state index contributed by atoms with van der Waals surface area (Å²) in [4.78, 5) is 10.9. The molecule has 0 bridgehead atoms. The maximum absolute atomic E-state index is 12.5. The number of aromatic nitrogens is 3. The number of hydrogen-bond donors (Lipinski definition) is 1. The van der Waals surface area contributed by atoms with E-state index in [0.717, 1.165) is 0 Å². The zero-order valence-corrected chi connectivity index (χ0v) is 8.03. The van der Waals surface area contributed by atoms with Crippen molar-refractivity contribution in [3.63, 3.8) is 0 Å². The Hall–Kier alpha value is -1.60. The van der Waals surface area contributed by atoms with Gasteiger partial charge in [0.25, 0.3) is 0 Å². The summed E-state index contributed by atoms with van der Waals surface area (Å²) in [6.07, 6.45) is -3.67. The Morgan fingerprint density at radius 1 is 1.44 bits per heavy atom. The number of carboxylic acid groups (broad SMARTS) is 1. The fraction of sp³-hybridized carbons (Fsp3) is 0.625. The second-order valence-electron chi connectivity index (χ2n) is 3.55. The monoisotopic (exact) mass is 235 g/mol. The third kappa shape index (κ3) is 1.63. The SMILES string of the molecule is O=C(O)C1CCCc2nnc(C(F)(F)F)n21. The van der Waals surface area contributed by atoms with Gasteiger partial charge in [0.1, 0.15) is 11.9 Å². The second-order valence-corrected chi connectivity index (χ2v) is 3.55. The molecule has 1 aromatic heterocycles. The minimum absolute atomic E-state index is 0.0889. The van der Waals surface area contributed by atoms with Gasteiger partial charge in [0.15, 0.2) is 0 Å². The fourth-order valence-electron chi connectivity index (χ4n) is 1.83. The van der Waals surface area contributed by atoms with Crippen molar-refractivity contribution in [2.24, 2.45) is 0 Å². The summed E-state index contributed by atoms with van der Waals surface area (Å²) < 4.78 is 38.3. The molecular formula is C8H8F3N3O2. The number of rotatable bonds is 1. The van der Waals surface area contributed by atoms with Crippen molar-refractivity contribution in [2.75, 3.05) is 0 Å². The van der Waals surface area contributed by atoms with E-state index in [1.165, 1.54) is 0 Å². The van der Waals surface area contributed by atoms with Gasteiger partial charge in [-0.05, 0) is 12.8 Å². The van der Waals surface area contributed by atoms with E-state index < -0.39 is 24.0 Å². The average molecular weight is 235 g/mol. The van der Waals surface area contributed by atoms with Crippen molar-refractivity contribution in [1.82, 2.24) is 14.8 Å². The number of carboxylic acids is 1. The minimum atomic E-state index is -4.67. The lowest BCUT2D eigenvalue weighted by Gasteiger charge is -2.22. The molecule has 1 aliphatic rings. The normalized spacial score (nSPS) is 20.6. The van der Waals surface area contributed by atoms with Gasteiger partial charge in [-0.3, -0.25) is 4.57 Å². The molecule has 1 atom stereocenters. The largest absolute Gasteiger partial charge is 0.480 e. The van der Waals surface area contributed by atoms with Crippen LogP contribution in [0.15, 0.2) is 0 Å². The third-order valence-corrected chi connectivity index (χ3v) is 2.49. The Bertz CT molecular complexity index is 427. The molecule has 5 nitrogen and oxygen atoms in total. The van der Waals surface area contributed by atoms with Gasteiger partial charge in [0, 0.05) is 6.42 Å². The number of aliphatic carboxylic acids is 1. The molecule has 0 saturated heterocycles. The van der Waals surface area contributed by atoms with Crippen LogP contribution in [0.5, 0.6) is 0 Å². The highest BCUT2D eigenvalue weighted by Gasteiger charge is 2.42. The zero-order chi connectivity index (χ0) is 11.9. The highest BCUT2D eigenvalue weighted by atomic mass is 19.4. The van der Waals surface area contributed by atoms with Crippen LogP contribution in [0.2, 0.25) is 0 Å². The van der Waals surface area contributed by atoms with Crippen LogP contribution >= 0.6 is 0 Å². The predicted molar refractivity (Wildman–Crippen MR) is 44.6 cm³/mol. The molecule has 1 aromatic rings. The Labute approximate surface area is 87.9 Å². The summed E-state index contributed by atoms with van der Waals surface area (Å²) in [6, 6.07) is -1.21. The zero-order valence-electron chi connectivity index (χ0n) is 8.03. The fourth-order valence-corrected chi connectivity index (χ4v) is 1.83. The molecule has 0 aliphatic carbocycles. The van der Waals surface area contributed by atoms with E-state index in [-0.39, 0.29) is 12.2 Å². The standard InChI is InChI=1S/C8H8F3N3O2/c9-8(10,11)7-13-12-5-3-1-2-4(6(15)16)14(5)7/h4H,1-3H2,(H,15,16). The van der Waals surface area contributed by atoms with Crippen molar-refractivity contribution >= 4 is 5.97 Å². The van der Waals surface area contributed by atoms with Crippen LogP contribution in [0.25, 0.3) is 0 Å². The molecule has 1 aliphatic heterocycles. The Balaban J connectivity index is 2.52. The summed E-state index contributed by atoms with van der Waals surface area (Å²) in [5.74, 6) is -2.42. The molecule has 0 spiro atoms. The number of aryl methyl sites for hydroxylation is 1. The molecule has 88 valence electrons. The lowest BCUT2D eigenvalue weighted by molar-refractivity contribution is -0.152. The topological polar surface area (TPSA) is 68.0 Å². The Kier molecular flexibility index (Phi) is 2.36. The summed E-state index contributed by atoms with van der Waals surface area (Å²) in [5, 5.41) is 15.3. The van der Waals surface area contributed by atoms with Crippen molar-refractivity contribution in [3.05, 3.63) is 11.6 Å². The van der Waals surface area contributed by atoms with Crippen LogP contribution in [0.4, 0.5) is 13.2 Å². The van der Waals surface area contributed by atoms with Crippen LogP contribution in [-0.2, 0) is 17.4 Å². The van der Waals surface area contributed by atoms with Crippen molar-refractivity contribution < 1.29 is 23.1 Å². The number of nitrogens with zero attached hydrogens (tertiary/aromatic N) is 3. The van der Waals surface area contributed by atoms with Crippen LogP contribution < -0.4 is 0 Å². The van der Waals surface area contributed by atoms with Gasteiger partial charge in [-0.15, -0.1) is 10.2 Å². The summed E-state index contributed by atoms with van der Waals surface area (Å²) in [5.41, 5.74) is 0. The maximum atomic E-state index is 12.5. The molecular weight excluding hydrogens is 227 g/mol. The molecule has 0 fully saturated rings. The molecule has 0 radical (unpaired) electrons. The van der Waals surface area contributed by atoms with E-state index in [0.29, 0.717) is 17.4 Å². The van der Waals surface area contributed by atoms with E-state index in [2.05, 4.69) is 10.2 Å². The van der Waals surface area contributed by atoms with Gasteiger partial charge in [0.2, 0.25) is 5.82 Å². The van der Waals surface area contributed by atoms with Crippen LogP contribution in [0.1, 0.15) is 30.5 Å². The molecule has 0 amide bonds. The lowest BCUT2D eigenvalue weighted by atomic mass is 10.0. The Morgan fingerprint density at radius 2 is 2.12 bits per heavy atom. The van der Waals surface area contributed by atoms with Gasteiger partial charge in [-0.2, -0.15) is 13.2 Å². The lowest BCUT2D eigenvalue weighted by Crippen LogP contribution is -2.29. The third-order valence-electron chi connectivity index (χ3n) is 2.49. The Morgan fingerprint density at radius 3 is 2.69 bits per heavy atom. The van der Waals surface area contributed by atoms with E-state index in [1.54, 1.807) is 0 Å². The van der Waals surface area contributed by atoms with Gasteiger partial charge in [0.05, 0.1) is 0 Å². The molecule has 1 N–H and O–H groups in total. The molecule has 1 unspecified atom stereocenters. The van der Waals surface area contributed by atoms with Gasteiger partial charge in [-0.25, -0.2) is 4.79 Å². The highest BCUT2D eigenvalue weighted by Crippen LogP contribution is 2.34. The van der Waals surface area contributed by atoms with E-state index in [9.17, 15) is 18.0 Å². The average Bonchev–Trinajstić information content (AvgIpc) is 2.59. The van der Waals surface area contributed by atoms with E-state index in [1.807, 2.05) is 0 Å². The minimum Gasteiger partial charge on any atom is -0.480 e. The molecule has 0 aromatic carbocycles. The molecule has 2 heterocycles. The quantitative estimate of drug-likeness (QED) is 0.795. The van der Waals surface area contributed by atoms with E-state index in [4.69, 9.17) is 5.11 Å². The number of carbonyl (C=O) groups is 1. The summed E-state index contributed by atoms with van der Waals surface area (Å²) in [7, 11) is 0. The van der Waals surface area contributed by atoms with Crippen molar-refractivity contribution in [1.29, 1.82) is 0 Å². The molecule has 2 rings (SSSR count). The molecule has 16 heavy (non-hydrogen) atoms. The number of hydrogen-bond acceptors (Lipinski definition) is 3. The number of halogens is 3. The maximum Gasteiger partial charge on any atom is 0.451 e. The van der Waals surface area contributed by atoms with Crippen LogP contribution in [-0.4, -0.2) is 25.8 Å². The summed E-state index contributed by atoms with van der Waals surface area (Å²) in [6.45, 7) is 0. The summed E-state index contributed by atoms with van der Waals surface area (Å²) >= 11 is 0. The second kappa shape index (κ2) is 3.46. The first kappa shape index (κ1) is 10.9. The van der Waals surface area contributed by atoms with Crippen LogP contribution in [0.3, 0.4) is 0 Å². The van der Waals surface area contributed by atoms with Crippen molar-refractivity contribution in [2.45, 2.75) is 31.5 Å². The number of fused-ring (bicyclic) bond motifs is 1. The van der Waals surface area contributed by atoms with Gasteiger partial charge < -0.3 is 5.11 Å².